The number of carbonyl (C=O) groups excluding carboxylic acids is 3. The smallest absolute Gasteiger partial charge is 0.198 e. The largest absolute Gasteiger partial charge is 0.458 e. The van der Waals surface area contributed by atoms with E-state index in [1.165, 1.54) is 6.92 Å². The van der Waals surface area contributed by atoms with Gasteiger partial charge in [0, 0.05) is 19.3 Å². The van der Waals surface area contributed by atoms with Crippen molar-refractivity contribution >= 4 is 17.3 Å². The van der Waals surface area contributed by atoms with Crippen molar-refractivity contribution in [3.8, 4) is 0 Å². The molecule has 4 heteroatoms. The van der Waals surface area contributed by atoms with Crippen LogP contribution in [0.25, 0.3) is 0 Å². The highest BCUT2D eigenvalue weighted by Crippen LogP contribution is 2.20. The zero-order valence-electron chi connectivity index (χ0n) is 10.8. The lowest BCUT2D eigenvalue weighted by Crippen LogP contribution is -2.12. The van der Waals surface area contributed by atoms with Crippen molar-refractivity contribution in [2.24, 2.45) is 0 Å². The average molecular weight is 250 g/mol. The van der Waals surface area contributed by atoms with Crippen molar-refractivity contribution in [3.05, 3.63) is 23.7 Å². The minimum atomic E-state index is -0.175. The lowest BCUT2D eigenvalue weighted by Gasteiger charge is -2.15. The van der Waals surface area contributed by atoms with Crippen LogP contribution in [-0.2, 0) is 19.1 Å². The summed E-state index contributed by atoms with van der Waals surface area (Å²) in [6.45, 7) is 3.25. The number of Topliss-reactive ketones (excluding diaryl/α,β-unsaturated/α-hetero) is 3. The summed E-state index contributed by atoms with van der Waals surface area (Å²) >= 11 is 0. The Morgan fingerprint density at radius 2 is 1.94 bits per heavy atom. The molecular formula is C14H18O4. The van der Waals surface area contributed by atoms with Gasteiger partial charge >= 0.3 is 0 Å². The highest BCUT2D eigenvalue weighted by atomic mass is 16.5. The predicted molar refractivity (Wildman–Crippen MR) is 66.7 cm³/mol. The molecule has 0 aliphatic carbocycles. The van der Waals surface area contributed by atoms with Crippen molar-refractivity contribution in [1.29, 1.82) is 0 Å². The Kier molecular flexibility index (Phi) is 5.49. The molecule has 98 valence electrons. The number of hydrogen-bond acceptors (Lipinski definition) is 4. The zero-order chi connectivity index (χ0) is 13.5. The van der Waals surface area contributed by atoms with Gasteiger partial charge in [0.1, 0.15) is 17.3 Å². The molecular weight excluding hydrogens is 232 g/mol. The van der Waals surface area contributed by atoms with Crippen LogP contribution in [0.5, 0.6) is 0 Å². The molecule has 0 aromatic carbocycles. The minimum Gasteiger partial charge on any atom is -0.458 e. The van der Waals surface area contributed by atoms with Crippen LogP contribution < -0.4 is 0 Å². The second-order valence-electron chi connectivity index (χ2n) is 4.27. The van der Waals surface area contributed by atoms with E-state index in [4.69, 9.17) is 4.74 Å². The van der Waals surface area contributed by atoms with Gasteiger partial charge in [-0.2, -0.15) is 0 Å². The van der Waals surface area contributed by atoms with Gasteiger partial charge in [-0.3, -0.25) is 14.4 Å². The first-order valence-corrected chi connectivity index (χ1v) is 6.14. The van der Waals surface area contributed by atoms with Crippen molar-refractivity contribution in [2.75, 3.05) is 0 Å². The molecule has 0 atom stereocenters. The third-order valence-electron chi connectivity index (χ3n) is 2.61. The fourth-order valence-corrected chi connectivity index (χ4v) is 1.60. The van der Waals surface area contributed by atoms with Crippen molar-refractivity contribution < 1.29 is 19.1 Å². The van der Waals surface area contributed by atoms with E-state index in [9.17, 15) is 14.4 Å². The summed E-state index contributed by atoms with van der Waals surface area (Å²) in [5.41, 5.74) is 0. The Labute approximate surface area is 107 Å². The molecule has 0 saturated heterocycles. The van der Waals surface area contributed by atoms with Crippen LogP contribution in [0.1, 0.15) is 46.0 Å². The monoisotopic (exact) mass is 250 g/mol. The van der Waals surface area contributed by atoms with Crippen LogP contribution >= 0.6 is 0 Å². The van der Waals surface area contributed by atoms with Gasteiger partial charge in [-0.15, -0.1) is 0 Å². The molecule has 1 rings (SSSR count). The van der Waals surface area contributed by atoms with E-state index in [0.717, 1.165) is 0 Å². The van der Waals surface area contributed by atoms with E-state index in [1.54, 1.807) is 19.1 Å². The molecule has 0 amide bonds. The molecule has 0 saturated carbocycles. The first kappa shape index (κ1) is 14.4. The van der Waals surface area contributed by atoms with Crippen LogP contribution in [0.4, 0.5) is 0 Å². The molecule has 0 spiro atoms. The average Bonchev–Trinajstić information content (AvgIpc) is 2.35. The van der Waals surface area contributed by atoms with Crippen LogP contribution in [-0.4, -0.2) is 17.3 Å². The summed E-state index contributed by atoms with van der Waals surface area (Å²) in [6, 6.07) is 0. The molecule has 1 aliphatic heterocycles. The Morgan fingerprint density at radius 1 is 1.22 bits per heavy atom. The molecule has 18 heavy (non-hydrogen) atoms. The standard InChI is InChI=1S/C14H18O4/c1-3-11(16)7-8-13(17)14-6-4-5-12(18-14)9-10(2)15/h5-6H,3-4,7-9H2,1-2H3. The minimum absolute atomic E-state index is 0.00360. The highest BCUT2D eigenvalue weighted by Gasteiger charge is 2.17. The molecule has 0 aromatic heterocycles. The number of allylic oxidation sites excluding steroid dienone is 4. The molecule has 0 fully saturated rings. The van der Waals surface area contributed by atoms with Crippen LogP contribution in [0, 0.1) is 0 Å². The predicted octanol–water partition coefficient (Wildman–Crippen LogP) is 2.48. The lowest BCUT2D eigenvalue weighted by molar-refractivity contribution is -0.123. The zero-order valence-corrected chi connectivity index (χ0v) is 10.8. The maximum atomic E-state index is 11.8. The third-order valence-corrected chi connectivity index (χ3v) is 2.61. The van der Waals surface area contributed by atoms with Gasteiger partial charge in [-0.1, -0.05) is 6.92 Å². The molecule has 4 nitrogen and oxygen atoms in total. The lowest BCUT2D eigenvalue weighted by atomic mass is 10.1. The Hall–Kier alpha value is -1.71. The molecule has 1 aliphatic rings. The molecule has 0 aromatic rings. The van der Waals surface area contributed by atoms with Crippen molar-refractivity contribution in [1.82, 2.24) is 0 Å². The number of rotatable bonds is 7. The Bertz CT molecular complexity index is 416. The van der Waals surface area contributed by atoms with Gasteiger partial charge in [0.2, 0.25) is 0 Å². The fraction of sp³-hybridized carbons (Fsp3) is 0.500. The number of hydrogen-bond donors (Lipinski definition) is 0. The molecule has 0 unspecified atom stereocenters. The van der Waals surface area contributed by atoms with E-state index < -0.39 is 0 Å². The van der Waals surface area contributed by atoms with E-state index >= 15 is 0 Å². The second-order valence-corrected chi connectivity index (χ2v) is 4.27. The molecule has 1 heterocycles. The van der Waals surface area contributed by atoms with E-state index in [1.807, 2.05) is 0 Å². The Balaban J connectivity index is 2.48. The summed E-state index contributed by atoms with van der Waals surface area (Å²) in [5.74, 6) is 0.675. The van der Waals surface area contributed by atoms with Crippen molar-refractivity contribution in [2.45, 2.75) is 46.0 Å². The van der Waals surface area contributed by atoms with Gasteiger partial charge in [0.25, 0.3) is 0 Å². The number of ketones is 3. The SMILES string of the molecule is CCC(=O)CCC(=O)C1=CCC=C(CC(C)=O)O1. The molecule has 0 bridgehead atoms. The van der Waals surface area contributed by atoms with Gasteiger partial charge in [-0.25, -0.2) is 0 Å². The summed E-state index contributed by atoms with van der Waals surface area (Å²) in [7, 11) is 0. The maximum absolute atomic E-state index is 11.8. The van der Waals surface area contributed by atoms with E-state index in [0.29, 0.717) is 18.6 Å². The second kappa shape index (κ2) is 6.89. The first-order chi connectivity index (χ1) is 8.52. The van der Waals surface area contributed by atoms with Gasteiger partial charge in [0.05, 0.1) is 6.42 Å². The van der Waals surface area contributed by atoms with Gasteiger partial charge in [-0.05, 0) is 25.5 Å². The quantitative estimate of drug-likeness (QED) is 0.696. The Morgan fingerprint density at radius 3 is 2.56 bits per heavy atom. The third kappa shape index (κ3) is 4.65. The van der Waals surface area contributed by atoms with Crippen LogP contribution in [0.3, 0.4) is 0 Å². The first-order valence-electron chi connectivity index (χ1n) is 6.14. The van der Waals surface area contributed by atoms with Crippen LogP contribution in [0.15, 0.2) is 23.7 Å². The topological polar surface area (TPSA) is 60.4 Å². The fourth-order valence-electron chi connectivity index (χ4n) is 1.60. The maximum Gasteiger partial charge on any atom is 0.198 e. The molecule has 0 radical (unpaired) electrons. The molecule has 0 N–H and O–H groups in total. The van der Waals surface area contributed by atoms with Crippen molar-refractivity contribution in [3.63, 3.8) is 0 Å². The van der Waals surface area contributed by atoms with E-state index in [2.05, 4.69) is 0 Å². The summed E-state index contributed by atoms with van der Waals surface area (Å²) in [5, 5.41) is 0. The number of ether oxygens (including phenoxy) is 1. The normalized spacial score (nSPS) is 14.3. The van der Waals surface area contributed by atoms with Crippen LogP contribution in [0.2, 0.25) is 0 Å². The summed E-state index contributed by atoms with van der Waals surface area (Å²) in [6.07, 6.45) is 5.14. The summed E-state index contributed by atoms with van der Waals surface area (Å²) in [4.78, 5) is 33.9. The summed E-state index contributed by atoms with van der Waals surface area (Å²) < 4.78 is 5.37. The number of carbonyl (C=O) groups is 3. The van der Waals surface area contributed by atoms with Gasteiger partial charge < -0.3 is 4.74 Å². The highest BCUT2D eigenvalue weighted by molar-refractivity contribution is 5.96. The van der Waals surface area contributed by atoms with E-state index in [-0.39, 0.29) is 42.4 Å². The van der Waals surface area contributed by atoms with Gasteiger partial charge in [0.15, 0.2) is 11.5 Å².